The molecule has 22 heavy (non-hydrogen) atoms. The summed E-state index contributed by atoms with van der Waals surface area (Å²) in [5, 5.41) is 0. The molecule has 1 aromatic rings. The maximum atomic E-state index is 12.6. The normalized spacial score (nSPS) is 20.8. The van der Waals surface area contributed by atoms with Gasteiger partial charge >= 0.3 is 0 Å². The summed E-state index contributed by atoms with van der Waals surface area (Å²) in [4.78, 5) is 21.3. The van der Waals surface area contributed by atoms with Crippen LogP contribution in [0.2, 0.25) is 0 Å². The lowest BCUT2D eigenvalue weighted by Crippen LogP contribution is -2.50. The van der Waals surface area contributed by atoms with Crippen molar-refractivity contribution in [1.29, 1.82) is 0 Å². The third-order valence-electron chi connectivity index (χ3n) is 4.92. The molecule has 0 radical (unpaired) electrons. The second kappa shape index (κ2) is 7.77. The zero-order valence-electron chi connectivity index (χ0n) is 14.5. The van der Waals surface area contributed by atoms with Gasteiger partial charge in [-0.15, -0.1) is 0 Å². The first-order valence-electron chi connectivity index (χ1n) is 8.55. The van der Waals surface area contributed by atoms with Crippen molar-refractivity contribution in [2.45, 2.75) is 46.1 Å². The third-order valence-corrected chi connectivity index (χ3v) is 4.92. The number of imidazole rings is 1. The van der Waals surface area contributed by atoms with Crippen molar-refractivity contribution in [2.75, 3.05) is 26.2 Å². The van der Waals surface area contributed by atoms with Gasteiger partial charge in [0.15, 0.2) is 0 Å². The van der Waals surface area contributed by atoms with Gasteiger partial charge in [0.25, 0.3) is 0 Å². The van der Waals surface area contributed by atoms with Crippen LogP contribution in [0, 0.1) is 5.92 Å². The number of likely N-dealkylation sites (tertiary alicyclic amines) is 1. The number of aromatic nitrogens is 2. The van der Waals surface area contributed by atoms with Gasteiger partial charge < -0.3 is 9.47 Å². The zero-order chi connectivity index (χ0) is 16.1. The van der Waals surface area contributed by atoms with Crippen LogP contribution in [0.3, 0.4) is 0 Å². The second-order valence-corrected chi connectivity index (χ2v) is 6.35. The third kappa shape index (κ3) is 3.88. The first-order chi connectivity index (χ1) is 10.6. The fraction of sp³-hybridized carbons (Fsp3) is 0.765. The molecular formula is C17H30N4O. The van der Waals surface area contributed by atoms with E-state index in [1.54, 1.807) is 0 Å². The van der Waals surface area contributed by atoms with Crippen LogP contribution in [0.5, 0.6) is 0 Å². The number of carbonyl (C=O) groups is 1. The van der Waals surface area contributed by atoms with Crippen molar-refractivity contribution >= 4 is 5.91 Å². The van der Waals surface area contributed by atoms with Crippen molar-refractivity contribution in [3.8, 4) is 0 Å². The van der Waals surface area contributed by atoms with Gasteiger partial charge in [-0.1, -0.05) is 0 Å². The highest BCUT2D eigenvalue weighted by Crippen LogP contribution is 2.22. The maximum absolute atomic E-state index is 12.6. The van der Waals surface area contributed by atoms with Gasteiger partial charge in [-0.2, -0.15) is 0 Å². The minimum atomic E-state index is -0.0101. The molecule has 2 heterocycles. The number of hydrogen-bond acceptors (Lipinski definition) is 3. The average molecular weight is 306 g/mol. The Morgan fingerprint density at radius 3 is 2.77 bits per heavy atom. The van der Waals surface area contributed by atoms with Crippen LogP contribution in [0.15, 0.2) is 12.4 Å². The highest BCUT2D eigenvalue weighted by Gasteiger charge is 2.29. The Bertz CT molecular complexity index is 481. The molecule has 2 atom stereocenters. The molecule has 2 unspecified atom stereocenters. The Balaban J connectivity index is 1.95. The van der Waals surface area contributed by atoms with Crippen LogP contribution in [0.4, 0.5) is 0 Å². The van der Waals surface area contributed by atoms with Gasteiger partial charge in [-0.25, -0.2) is 4.98 Å². The van der Waals surface area contributed by atoms with Crippen molar-refractivity contribution in [3.05, 3.63) is 18.2 Å². The monoisotopic (exact) mass is 306 g/mol. The van der Waals surface area contributed by atoms with Crippen LogP contribution in [-0.4, -0.2) is 57.5 Å². The smallest absolute Gasteiger partial charge is 0.239 e. The molecule has 5 heteroatoms. The van der Waals surface area contributed by atoms with Crippen molar-refractivity contribution in [1.82, 2.24) is 19.4 Å². The van der Waals surface area contributed by atoms with E-state index >= 15 is 0 Å². The molecule has 0 aromatic carbocycles. The molecule has 1 aliphatic heterocycles. The van der Waals surface area contributed by atoms with E-state index in [1.807, 2.05) is 31.1 Å². The fourth-order valence-electron chi connectivity index (χ4n) is 3.42. The summed E-state index contributed by atoms with van der Waals surface area (Å²) in [7, 11) is 2.05. The largest absolute Gasteiger partial charge is 0.342 e. The summed E-state index contributed by atoms with van der Waals surface area (Å²) in [6.45, 7) is 9.78. The molecule has 1 saturated heterocycles. The van der Waals surface area contributed by atoms with Gasteiger partial charge in [-0.3, -0.25) is 9.69 Å². The molecular weight excluding hydrogens is 276 g/mol. The van der Waals surface area contributed by atoms with Gasteiger partial charge in [0, 0.05) is 45.5 Å². The standard InChI is InChI=1S/C17H30N4O/c1-5-20(6-2)17(22)14(3)21-10-7-8-15(13-21)12-16-18-9-11-19(16)4/h9,11,14-15H,5-8,10,12-13H2,1-4H3. The SMILES string of the molecule is CCN(CC)C(=O)C(C)N1CCCC(Cc2nccn2C)C1. The number of nitrogens with zero attached hydrogens (tertiary/aromatic N) is 4. The molecule has 0 bridgehead atoms. The topological polar surface area (TPSA) is 41.4 Å². The zero-order valence-corrected chi connectivity index (χ0v) is 14.5. The molecule has 2 rings (SSSR count). The Labute approximate surface area is 134 Å². The van der Waals surface area contributed by atoms with E-state index in [4.69, 9.17) is 0 Å². The minimum absolute atomic E-state index is 0.0101. The van der Waals surface area contributed by atoms with E-state index in [2.05, 4.69) is 28.4 Å². The van der Waals surface area contributed by atoms with Gasteiger partial charge in [0.1, 0.15) is 5.82 Å². The quantitative estimate of drug-likeness (QED) is 0.806. The van der Waals surface area contributed by atoms with E-state index in [0.29, 0.717) is 5.92 Å². The predicted molar refractivity (Wildman–Crippen MR) is 88.6 cm³/mol. The Morgan fingerprint density at radius 2 is 2.18 bits per heavy atom. The Morgan fingerprint density at radius 1 is 1.45 bits per heavy atom. The van der Waals surface area contributed by atoms with E-state index in [9.17, 15) is 4.79 Å². The number of aryl methyl sites for hydroxylation is 1. The van der Waals surface area contributed by atoms with Gasteiger partial charge in [0.2, 0.25) is 5.91 Å². The second-order valence-electron chi connectivity index (χ2n) is 6.35. The number of rotatable bonds is 6. The molecule has 1 aliphatic rings. The molecule has 0 saturated carbocycles. The molecule has 1 amide bonds. The summed E-state index contributed by atoms with van der Waals surface area (Å²) in [6, 6.07) is -0.0101. The highest BCUT2D eigenvalue weighted by atomic mass is 16.2. The molecule has 5 nitrogen and oxygen atoms in total. The van der Waals surface area contributed by atoms with E-state index in [1.165, 1.54) is 12.8 Å². The van der Waals surface area contributed by atoms with Gasteiger partial charge in [0.05, 0.1) is 6.04 Å². The molecule has 0 spiro atoms. The molecule has 0 aliphatic carbocycles. The summed E-state index contributed by atoms with van der Waals surface area (Å²) in [6.07, 6.45) is 7.28. The first-order valence-corrected chi connectivity index (χ1v) is 8.55. The number of hydrogen-bond donors (Lipinski definition) is 0. The van der Waals surface area contributed by atoms with Crippen LogP contribution >= 0.6 is 0 Å². The van der Waals surface area contributed by atoms with Crippen molar-refractivity contribution in [2.24, 2.45) is 13.0 Å². The van der Waals surface area contributed by atoms with Crippen LogP contribution < -0.4 is 0 Å². The first kappa shape index (κ1) is 17.0. The Hall–Kier alpha value is -1.36. The molecule has 0 N–H and O–H groups in total. The maximum Gasteiger partial charge on any atom is 0.239 e. The van der Waals surface area contributed by atoms with Crippen LogP contribution in [-0.2, 0) is 18.3 Å². The fourth-order valence-corrected chi connectivity index (χ4v) is 3.42. The predicted octanol–water partition coefficient (Wildman–Crippen LogP) is 1.93. The lowest BCUT2D eigenvalue weighted by molar-refractivity contribution is -0.136. The average Bonchev–Trinajstić information content (AvgIpc) is 2.93. The van der Waals surface area contributed by atoms with E-state index in [0.717, 1.165) is 38.4 Å². The van der Waals surface area contributed by atoms with Gasteiger partial charge in [-0.05, 0) is 46.1 Å². The number of carbonyl (C=O) groups excluding carboxylic acids is 1. The lowest BCUT2D eigenvalue weighted by atomic mass is 9.93. The van der Waals surface area contributed by atoms with Crippen molar-refractivity contribution in [3.63, 3.8) is 0 Å². The summed E-state index contributed by atoms with van der Waals surface area (Å²) < 4.78 is 2.10. The summed E-state index contributed by atoms with van der Waals surface area (Å²) in [5.74, 6) is 2.01. The van der Waals surface area contributed by atoms with Crippen molar-refractivity contribution < 1.29 is 4.79 Å². The molecule has 124 valence electrons. The number of likely N-dealkylation sites (N-methyl/N-ethyl adjacent to an activating group) is 1. The minimum Gasteiger partial charge on any atom is -0.342 e. The Kier molecular flexibility index (Phi) is 6.00. The number of piperidine rings is 1. The highest BCUT2D eigenvalue weighted by molar-refractivity contribution is 5.81. The molecule has 1 fully saturated rings. The van der Waals surface area contributed by atoms with E-state index < -0.39 is 0 Å². The number of amides is 1. The lowest BCUT2D eigenvalue weighted by Gasteiger charge is -2.37. The van der Waals surface area contributed by atoms with Crippen LogP contribution in [0.1, 0.15) is 39.4 Å². The summed E-state index contributed by atoms with van der Waals surface area (Å²) >= 11 is 0. The molecule has 1 aromatic heterocycles. The van der Waals surface area contributed by atoms with E-state index in [-0.39, 0.29) is 11.9 Å². The van der Waals surface area contributed by atoms with Crippen LogP contribution in [0.25, 0.3) is 0 Å². The summed E-state index contributed by atoms with van der Waals surface area (Å²) in [5.41, 5.74) is 0.